The molecular weight excluding hydrogens is 396 g/mol. The molecule has 0 unspecified atom stereocenters. The number of hydrogen-bond acceptors (Lipinski definition) is 4. The van der Waals surface area contributed by atoms with Crippen molar-refractivity contribution in [2.75, 3.05) is 25.0 Å². The molecule has 0 saturated carbocycles. The van der Waals surface area contributed by atoms with Gasteiger partial charge in [0.15, 0.2) is 5.82 Å². The first kappa shape index (κ1) is 22.0. The van der Waals surface area contributed by atoms with Gasteiger partial charge < -0.3 is 9.80 Å². The van der Waals surface area contributed by atoms with Crippen molar-refractivity contribution in [1.29, 1.82) is 0 Å². The highest BCUT2D eigenvalue weighted by atomic mass is 16.2. The van der Waals surface area contributed by atoms with Crippen molar-refractivity contribution in [2.24, 2.45) is 0 Å². The molecule has 5 heteroatoms. The highest BCUT2D eigenvalue weighted by Crippen LogP contribution is 2.31. The quantitative estimate of drug-likeness (QED) is 0.527. The Kier molecular flexibility index (Phi) is 6.84. The second-order valence-electron chi connectivity index (χ2n) is 8.46. The monoisotopic (exact) mass is 428 g/mol. The summed E-state index contributed by atoms with van der Waals surface area (Å²) in [5.74, 6) is 1.79. The van der Waals surface area contributed by atoms with Crippen LogP contribution in [0.1, 0.15) is 49.4 Å². The molecule has 1 aromatic heterocycles. The third kappa shape index (κ3) is 4.52. The lowest BCUT2D eigenvalue weighted by molar-refractivity contribution is -0.133. The molecule has 5 nitrogen and oxygen atoms in total. The molecule has 4 rings (SSSR count). The predicted molar refractivity (Wildman–Crippen MR) is 130 cm³/mol. The molecule has 1 atom stereocenters. The van der Waals surface area contributed by atoms with E-state index in [1.165, 1.54) is 0 Å². The fourth-order valence-electron chi connectivity index (χ4n) is 4.52. The van der Waals surface area contributed by atoms with Gasteiger partial charge >= 0.3 is 0 Å². The summed E-state index contributed by atoms with van der Waals surface area (Å²) in [6.45, 7) is 6.42. The normalized spacial score (nSPS) is 14.0. The van der Waals surface area contributed by atoms with Crippen molar-refractivity contribution >= 4 is 11.7 Å². The molecule has 1 aliphatic rings. The minimum absolute atomic E-state index is 0.112. The number of rotatable bonds is 7. The van der Waals surface area contributed by atoms with Crippen molar-refractivity contribution in [2.45, 2.75) is 45.6 Å². The van der Waals surface area contributed by atoms with Crippen LogP contribution in [0.5, 0.6) is 0 Å². The third-order valence-corrected chi connectivity index (χ3v) is 6.21. The minimum Gasteiger partial charge on any atom is -0.359 e. The highest BCUT2D eigenvalue weighted by Gasteiger charge is 2.30. The topological polar surface area (TPSA) is 49.3 Å². The van der Waals surface area contributed by atoms with Gasteiger partial charge in [-0.15, -0.1) is 0 Å². The zero-order valence-electron chi connectivity index (χ0n) is 19.3. The lowest BCUT2D eigenvalue weighted by Crippen LogP contribution is -2.40. The molecule has 0 saturated heterocycles. The third-order valence-electron chi connectivity index (χ3n) is 6.21. The Balaban J connectivity index is 1.67. The van der Waals surface area contributed by atoms with Crippen LogP contribution >= 0.6 is 0 Å². The maximum atomic E-state index is 13.5. The number of hydrogen-bond donors (Lipinski definition) is 0. The van der Waals surface area contributed by atoms with E-state index in [2.05, 4.69) is 50.1 Å². The SMILES string of the molecule is CCCN(C)c1nc(-c2ccccc2)nc2c1CN(C(=O)[C@@H](CC)c1ccccc1)CC2. The number of carbonyl (C=O) groups is 1. The van der Waals surface area contributed by atoms with Crippen LogP contribution in [0.15, 0.2) is 60.7 Å². The van der Waals surface area contributed by atoms with E-state index in [1.54, 1.807) is 0 Å². The number of aromatic nitrogens is 2. The Labute approximate surface area is 191 Å². The van der Waals surface area contributed by atoms with Gasteiger partial charge in [-0.3, -0.25) is 4.79 Å². The fraction of sp³-hybridized carbons (Fsp3) is 0.370. The molecule has 166 valence electrons. The van der Waals surface area contributed by atoms with Gasteiger partial charge in [-0.2, -0.15) is 0 Å². The van der Waals surface area contributed by atoms with Crippen LogP contribution in [0.2, 0.25) is 0 Å². The Morgan fingerprint density at radius 1 is 1.03 bits per heavy atom. The van der Waals surface area contributed by atoms with E-state index in [9.17, 15) is 4.79 Å². The van der Waals surface area contributed by atoms with Crippen molar-refractivity contribution in [3.8, 4) is 11.4 Å². The number of carbonyl (C=O) groups excluding carboxylic acids is 1. The van der Waals surface area contributed by atoms with Crippen LogP contribution in [0.25, 0.3) is 11.4 Å². The minimum atomic E-state index is -0.112. The Bertz CT molecular complexity index is 1050. The molecule has 0 fully saturated rings. The van der Waals surface area contributed by atoms with Gasteiger partial charge in [-0.25, -0.2) is 9.97 Å². The first-order valence-electron chi connectivity index (χ1n) is 11.6. The van der Waals surface area contributed by atoms with Gasteiger partial charge in [0.05, 0.1) is 18.2 Å². The summed E-state index contributed by atoms with van der Waals surface area (Å²) in [6.07, 6.45) is 2.57. The molecule has 0 N–H and O–H groups in total. The zero-order chi connectivity index (χ0) is 22.5. The summed E-state index contributed by atoms with van der Waals surface area (Å²) in [5, 5.41) is 0. The van der Waals surface area contributed by atoms with E-state index in [0.717, 1.165) is 59.8 Å². The summed E-state index contributed by atoms with van der Waals surface area (Å²) in [7, 11) is 2.08. The Morgan fingerprint density at radius 3 is 2.38 bits per heavy atom. The Hall–Kier alpha value is -3.21. The highest BCUT2D eigenvalue weighted by molar-refractivity contribution is 5.84. The summed E-state index contributed by atoms with van der Waals surface area (Å²) in [6, 6.07) is 20.3. The van der Waals surface area contributed by atoms with Crippen LogP contribution in [0.3, 0.4) is 0 Å². The molecule has 2 heterocycles. The van der Waals surface area contributed by atoms with Crippen LogP contribution in [-0.2, 0) is 17.8 Å². The first-order chi connectivity index (χ1) is 15.6. The molecule has 0 aliphatic carbocycles. The van der Waals surface area contributed by atoms with E-state index in [-0.39, 0.29) is 11.8 Å². The Morgan fingerprint density at radius 2 is 1.72 bits per heavy atom. The average molecular weight is 429 g/mol. The van der Waals surface area contributed by atoms with E-state index in [4.69, 9.17) is 9.97 Å². The largest absolute Gasteiger partial charge is 0.359 e. The van der Waals surface area contributed by atoms with Gasteiger partial charge in [0.1, 0.15) is 5.82 Å². The fourth-order valence-corrected chi connectivity index (χ4v) is 4.52. The van der Waals surface area contributed by atoms with Crippen molar-refractivity contribution in [3.63, 3.8) is 0 Å². The second kappa shape index (κ2) is 9.94. The number of nitrogens with zero attached hydrogens (tertiary/aromatic N) is 4. The molecule has 2 aromatic carbocycles. The van der Waals surface area contributed by atoms with Gasteiger partial charge in [0.2, 0.25) is 5.91 Å². The van der Waals surface area contributed by atoms with Gasteiger partial charge in [-0.1, -0.05) is 74.5 Å². The molecule has 0 spiro atoms. The molecule has 0 radical (unpaired) electrons. The second-order valence-corrected chi connectivity index (χ2v) is 8.46. The van der Waals surface area contributed by atoms with E-state index >= 15 is 0 Å². The summed E-state index contributed by atoms with van der Waals surface area (Å²) in [4.78, 5) is 27.6. The van der Waals surface area contributed by atoms with Gasteiger partial charge in [-0.05, 0) is 18.4 Å². The maximum absolute atomic E-state index is 13.5. The number of anilines is 1. The van der Waals surface area contributed by atoms with Crippen molar-refractivity contribution in [1.82, 2.24) is 14.9 Å². The number of benzene rings is 2. The standard InChI is InChI=1S/C27H32N4O/c1-4-17-30(3)26-23-19-31(27(32)22(5-2)20-12-8-6-9-13-20)18-16-24(23)28-25(29-26)21-14-10-7-11-15-21/h6-15,22H,4-5,16-19H2,1-3H3/t22-/m0/s1. The molecule has 0 bridgehead atoms. The van der Waals surface area contributed by atoms with Crippen molar-refractivity contribution in [3.05, 3.63) is 77.5 Å². The average Bonchev–Trinajstić information content (AvgIpc) is 2.84. The number of fused-ring (bicyclic) bond motifs is 1. The molecule has 1 amide bonds. The number of amides is 1. The summed E-state index contributed by atoms with van der Waals surface area (Å²) < 4.78 is 0. The summed E-state index contributed by atoms with van der Waals surface area (Å²) in [5.41, 5.74) is 4.26. The van der Waals surface area contributed by atoms with Crippen molar-refractivity contribution < 1.29 is 4.79 Å². The summed E-state index contributed by atoms with van der Waals surface area (Å²) >= 11 is 0. The molecular formula is C27H32N4O. The lowest BCUT2D eigenvalue weighted by Gasteiger charge is -2.34. The molecule has 32 heavy (non-hydrogen) atoms. The first-order valence-corrected chi connectivity index (χ1v) is 11.6. The zero-order valence-corrected chi connectivity index (χ0v) is 19.3. The smallest absolute Gasteiger partial charge is 0.230 e. The molecule has 3 aromatic rings. The van der Waals surface area contributed by atoms with E-state index < -0.39 is 0 Å². The van der Waals surface area contributed by atoms with Crippen LogP contribution in [0, 0.1) is 0 Å². The van der Waals surface area contributed by atoms with E-state index in [0.29, 0.717) is 13.1 Å². The van der Waals surface area contributed by atoms with Gasteiger partial charge in [0.25, 0.3) is 0 Å². The van der Waals surface area contributed by atoms with E-state index in [1.807, 2.05) is 41.3 Å². The van der Waals surface area contributed by atoms with Crippen LogP contribution in [0.4, 0.5) is 5.82 Å². The lowest BCUT2D eigenvalue weighted by atomic mass is 9.93. The van der Waals surface area contributed by atoms with Crippen LogP contribution in [-0.4, -0.2) is 40.9 Å². The van der Waals surface area contributed by atoms with Gasteiger partial charge in [0, 0.05) is 37.7 Å². The maximum Gasteiger partial charge on any atom is 0.230 e. The molecule has 1 aliphatic heterocycles. The van der Waals surface area contributed by atoms with Crippen LogP contribution < -0.4 is 4.90 Å². The predicted octanol–water partition coefficient (Wildman–Crippen LogP) is 5.07.